The van der Waals surface area contributed by atoms with Gasteiger partial charge in [-0.3, -0.25) is 0 Å². The lowest BCUT2D eigenvalue weighted by atomic mass is 10.1. The maximum atomic E-state index is 12.8. The number of benzene rings is 1. The quantitative estimate of drug-likeness (QED) is 0.827. The summed E-state index contributed by atoms with van der Waals surface area (Å²) in [4.78, 5) is 12.8. The number of halogens is 1. The Balaban J connectivity index is 3.01. The van der Waals surface area contributed by atoms with Crippen molar-refractivity contribution in [2.45, 2.75) is 13.5 Å². The van der Waals surface area contributed by atoms with Gasteiger partial charge in [-0.2, -0.15) is 0 Å². The lowest BCUT2D eigenvalue weighted by molar-refractivity contribution is 0.0694. The maximum Gasteiger partial charge on any atom is 0.336 e. The van der Waals surface area contributed by atoms with E-state index >= 15 is 0 Å². The van der Waals surface area contributed by atoms with Crippen LogP contribution in [0.3, 0.4) is 0 Å². The molecule has 3 nitrogen and oxygen atoms in total. The van der Waals surface area contributed by atoms with Gasteiger partial charge >= 0.3 is 5.97 Å². The van der Waals surface area contributed by atoms with Crippen LogP contribution in [-0.4, -0.2) is 29.6 Å². The second-order valence-electron chi connectivity index (χ2n) is 3.44. The molecule has 0 atom stereocenters. The summed E-state index contributed by atoms with van der Waals surface area (Å²) in [6.07, 6.45) is 0. The van der Waals surface area contributed by atoms with E-state index in [2.05, 4.69) is 0 Å². The first-order valence-electron chi connectivity index (χ1n) is 4.75. The van der Waals surface area contributed by atoms with Crippen molar-refractivity contribution in [2.75, 3.05) is 13.6 Å². The molecule has 15 heavy (non-hydrogen) atoms. The van der Waals surface area contributed by atoms with Crippen LogP contribution in [0.1, 0.15) is 22.8 Å². The molecule has 0 aromatic heterocycles. The lowest BCUT2D eigenvalue weighted by Crippen LogP contribution is -2.18. The summed E-state index contributed by atoms with van der Waals surface area (Å²) in [5.74, 6) is -1.61. The second kappa shape index (κ2) is 4.89. The number of hydrogen-bond donors (Lipinski definition) is 1. The van der Waals surface area contributed by atoms with Crippen LogP contribution in [-0.2, 0) is 6.54 Å². The van der Waals surface area contributed by atoms with E-state index in [-0.39, 0.29) is 5.56 Å². The van der Waals surface area contributed by atoms with E-state index < -0.39 is 11.8 Å². The van der Waals surface area contributed by atoms with Crippen molar-refractivity contribution in [1.29, 1.82) is 0 Å². The van der Waals surface area contributed by atoms with Crippen LogP contribution < -0.4 is 0 Å². The molecule has 0 fully saturated rings. The molecule has 82 valence electrons. The van der Waals surface area contributed by atoms with Crippen LogP contribution in [0.15, 0.2) is 18.2 Å². The summed E-state index contributed by atoms with van der Waals surface area (Å²) in [7, 11) is 1.88. The lowest BCUT2D eigenvalue weighted by Gasteiger charge is -2.15. The Hall–Kier alpha value is -1.42. The third-order valence-electron chi connectivity index (χ3n) is 2.28. The number of rotatable bonds is 4. The van der Waals surface area contributed by atoms with Gasteiger partial charge in [0.05, 0.1) is 5.56 Å². The van der Waals surface area contributed by atoms with Crippen LogP contribution >= 0.6 is 0 Å². The molecule has 1 aromatic rings. The molecule has 0 aliphatic rings. The Bertz CT molecular complexity index is 366. The predicted octanol–water partition coefficient (Wildman–Crippen LogP) is 1.98. The highest BCUT2D eigenvalue weighted by molar-refractivity contribution is 5.89. The topological polar surface area (TPSA) is 40.5 Å². The molecule has 0 amide bonds. The monoisotopic (exact) mass is 211 g/mol. The molecule has 0 radical (unpaired) electrons. The Morgan fingerprint density at radius 1 is 1.53 bits per heavy atom. The number of carbonyl (C=O) groups is 1. The fraction of sp³-hybridized carbons (Fsp3) is 0.364. The molecule has 1 aromatic carbocycles. The Morgan fingerprint density at radius 2 is 2.20 bits per heavy atom. The molecular formula is C11H14FNO2. The van der Waals surface area contributed by atoms with Gasteiger partial charge in [0.15, 0.2) is 0 Å². The fourth-order valence-corrected chi connectivity index (χ4v) is 1.29. The molecule has 0 aliphatic carbocycles. The molecule has 0 saturated heterocycles. The number of carboxylic acids is 1. The molecule has 0 bridgehead atoms. The van der Waals surface area contributed by atoms with Gasteiger partial charge in [-0.05, 0) is 31.3 Å². The molecule has 0 aliphatic heterocycles. The van der Waals surface area contributed by atoms with E-state index in [1.165, 1.54) is 12.1 Å². The molecular weight excluding hydrogens is 197 g/mol. The number of aromatic carboxylic acids is 1. The van der Waals surface area contributed by atoms with Gasteiger partial charge in [0.1, 0.15) is 5.82 Å². The number of hydrogen-bond acceptors (Lipinski definition) is 2. The first-order valence-corrected chi connectivity index (χ1v) is 4.75. The van der Waals surface area contributed by atoms with E-state index in [4.69, 9.17) is 5.11 Å². The van der Waals surface area contributed by atoms with Gasteiger partial charge in [0.2, 0.25) is 0 Å². The molecule has 1 N–H and O–H groups in total. The van der Waals surface area contributed by atoms with E-state index in [9.17, 15) is 9.18 Å². The third-order valence-corrected chi connectivity index (χ3v) is 2.28. The van der Waals surface area contributed by atoms with Crippen molar-refractivity contribution in [1.82, 2.24) is 4.90 Å². The average molecular weight is 211 g/mol. The maximum absolute atomic E-state index is 12.8. The number of carboxylic acid groups (broad SMARTS) is 1. The van der Waals surface area contributed by atoms with Gasteiger partial charge < -0.3 is 10.0 Å². The highest BCUT2D eigenvalue weighted by atomic mass is 19.1. The Kier molecular flexibility index (Phi) is 3.80. The van der Waals surface area contributed by atoms with Crippen molar-refractivity contribution in [3.05, 3.63) is 35.1 Å². The minimum atomic E-state index is -1.09. The highest BCUT2D eigenvalue weighted by Crippen LogP contribution is 2.13. The van der Waals surface area contributed by atoms with E-state index in [0.717, 1.165) is 12.6 Å². The Morgan fingerprint density at radius 3 is 2.73 bits per heavy atom. The standard InChI is InChI=1S/C11H14FNO2/c1-3-13(2)7-8-4-5-9(12)6-10(8)11(14)15/h4-6H,3,7H2,1-2H3,(H,14,15). The third kappa shape index (κ3) is 3.02. The summed E-state index contributed by atoms with van der Waals surface area (Å²) < 4.78 is 12.8. The van der Waals surface area contributed by atoms with Crippen molar-refractivity contribution < 1.29 is 14.3 Å². The summed E-state index contributed by atoms with van der Waals surface area (Å²) in [5, 5.41) is 8.89. The molecule has 0 saturated carbocycles. The van der Waals surface area contributed by atoms with E-state index in [1.54, 1.807) is 0 Å². The summed E-state index contributed by atoms with van der Waals surface area (Å²) in [6.45, 7) is 3.30. The van der Waals surface area contributed by atoms with Gasteiger partial charge in [-0.1, -0.05) is 13.0 Å². The first-order chi connectivity index (χ1) is 7.04. The zero-order valence-electron chi connectivity index (χ0n) is 8.83. The SMILES string of the molecule is CCN(C)Cc1ccc(F)cc1C(=O)O. The molecule has 4 heteroatoms. The van der Waals surface area contributed by atoms with E-state index in [0.29, 0.717) is 12.1 Å². The van der Waals surface area contributed by atoms with Gasteiger partial charge in [-0.25, -0.2) is 9.18 Å². The van der Waals surface area contributed by atoms with Crippen molar-refractivity contribution in [2.24, 2.45) is 0 Å². The van der Waals surface area contributed by atoms with Crippen LogP contribution in [0.2, 0.25) is 0 Å². The molecule has 1 rings (SSSR count). The van der Waals surface area contributed by atoms with Crippen molar-refractivity contribution in [3.63, 3.8) is 0 Å². The minimum absolute atomic E-state index is 0.0373. The normalized spacial score (nSPS) is 10.7. The predicted molar refractivity (Wildman–Crippen MR) is 55.4 cm³/mol. The van der Waals surface area contributed by atoms with Gasteiger partial charge in [-0.15, -0.1) is 0 Å². The zero-order valence-corrected chi connectivity index (χ0v) is 8.83. The Labute approximate surface area is 88.1 Å². The summed E-state index contributed by atoms with van der Waals surface area (Å²) >= 11 is 0. The van der Waals surface area contributed by atoms with Crippen LogP contribution in [0.5, 0.6) is 0 Å². The second-order valence-corrected chi connectivity index (χ2v) is 3.44. The largest absolute Gasteiger partial charge is 0.478 e. The highest BCUT2D eigenvalue weighted by Gasteiger charge is 2.11. The molecule has 0 heterocycles. The minimum Gasteiger partial charge on any atom is -0.478 e. The summed E-state index contributed by atoms with van der Waals surface area (Å²) in [5.41, 5.74) is 0.670. The van der Waals surface area contributed by atoms with Gasteiger partial charge in [0, 0.05) is 6.54 Å². The van der Waals surface area contributed by atoms with Crippen molar-refractivity contribution >= 4 is 5.97 Å². The van der Waals surface area contributed by atoms with Crippen LogP contribution in [0, 0.1) is 5.82 Å². The van der Waals surface area contributed by atoms with Crippen LogP contribution in [0.25, 0.3) is 0 Å². The smallest absolute Gasteiger partial charge is 0.336 e. The average Bonchev–Trinajstić information content (AvgIpc) is 2.20. The summed E-state index contributed by atoms with van der Waals surface area (Å²) in [6, 6.07) is 3.86. The zero-order chi connectivity index (χ0) is 11.4. The molecule has 0 spiro atoms. The van der Waals surface area contributed by atoms with Crippen molar-refractivity contribution in [3.8, 4) is 0 Å². The number of nitrogens with zero attached hydrogens (tertiary/aromatic N) is 1. The fourth-order valence-electron chi connectivity index (χ4n) is 1.29. The van der Waals surface area contributed by atoms with Gasteiger partial charge in [0.25, 0.3) is 0 Å². The first kappa shape index (κ1) is 11.7. The van der Waals surface area contributed by atoms with E-state index in [1.807, 2.05) is 18.9 Å². The van der Waals surface area contributed by atoms with Crippen LogP contribution in [0.4, 0.5) is 4.39 Å². The molecule has 0 unspecified atom stereocenters.